The highest BCUT2D eigenvalue weighted by molar-refractivity contribution is 6.24. The lowest BCUT2D eigenvalue weighted by atomic mass is 9.57. The van der Waals surface area contributed by atoms with Crippen molar-refractivity contribution in [2.24, 2.45) is 17.1 Å². The molecule has 2 saturated heterocycles. The molecule has 3 aliphatic heterocycles. The van der Waals surface area contributed by atoms with E-state index in [4.69, 9.17) is 5.73 Å². The average Bonchev–Trinajstić information content (AvgIpc) is 2.88. The molecule has 1 unspecified atom stereocenters. The van der Waals surface area contributed by atoms with Gasteiger partial charge in [0.05, 0.1) is 11.1 Å². The first-order valence-corrected chi connectivity index (χ1v) is 10.2. The molecule has 1 aromatic carbocycles. The highest BCUT2D eigenvalue weighted by Gasteiger charge is 2.52. The van der Waals surface area contributed by atoms with E-state index < -0.39 is 23.8 Å². The molecule has 1 saturated carbocycles. The Hall–Kier alpha value is -2.58. The second-order valence-corrected chi connectivity index (χ2v) is 8.94. The van der Waals surface area contributed by atoms with Crippen molar-refractivity contribution in [3.63, 3.8) is 0 Å². The fourth-order valence-corrected chi connectivity index (χ4v) is 5.56. The van der Waals surface area contributed by atoms with Gasteiger partial charge >= 0.3 is 0 Å². The quantitative estimate of drug-likeness (QED) is 0.706. The number of rotatable bonds is 4. The van der Waals surface area contributed by atoms with Gasteiger partial charge in [-0.15, -0.1) is 0 Å². The van der Waals surface area contributed by atoms with Gasteiger partial charge in [-0.1, -0.05) is 12.1 Å². The minimum absolute atomic E-state index is 0.121. The van der Waals surface area contributed by atoms with Crippen molar-refractivity contribution in [3.8, 4) is 0 Å². The molecule has 3 N–H and O–H groups in total. The number of likely N-dealkylation sites (tertiary alicyclic amines) is 1. The maximum atomic E-state index is 13.1. The van der Waals surface area contributed by atoms with Gasteiger partial charge in [0.1, 0.15) is 6.04 Å². The number of hydrogen-bond donors (Lipinski definition) is 2. The molecule has 1 atom stereocenters. The van der Waals surface area contributed by atoms with Crippen LogP contribution in [0.4, 0.5) is 0 Å². The van der Waals surface area contributed by atoms with Crippen molar-refractivity contribution in [3.05, 3.63) is 34.9 Å². The van der Waals surface area contributed by atoms with E-state index in [9.17, 15) is 19.2 Å². The monoisotopic (exact) mass is 396 g/mol. The fourth-order valence-electron chi connectivity index (χ4n) is 5.56. The molecule has 8 heteroatoms. The lowest BCUT2D eigenvalue weighted by molar-refractivity contribution is -0.136. The summed E-state index contributed by atoms with van der Waals surface area (Å²) in [5.41, 5.74) is 7.69. The van der Waals surface area contributed by atoms with Crippen molar-refractivity contribution in [1.29, 1.82) is 0 Å². The predicted octanol–water partition coefficient (Wildman–Crippen LogP) is 0.259. The molecule has 4 aliphatic rings. The van der Waals surface area contributed by atoms with E-state index in [1.807, 2.05) is 6.07 Å². The summed E-state index contributed by atoms with van der Waals surface area (Å²) < 4.78 is 0. The number of amides is 4. The summed E-state index contributed by atoms with van der Waals surface area (Å²) in [7, 11) is 0. The average molecular weight is 396 g/mol. The molecule has 8 nitrogen and oxygen atoms in total. The zero-order valence-corrected chi connectivity index (χ0v) is 16.1. The maximum Gasteiger partial charge on any atom is 0.262 e. The molecule has 29 heavy (non-hydrogen) atoms. The molecule has 0 aromatic heterocycles. The summed E-state index contributed by atoms with van der Waals surface area (Å²) >= 11 is 0. The number of carbonyl (C=O) groups excluding carboxylic acids is 4. The van der Waals surface area contributed by atoms with Crippen molar-refractivity contribution < 1.29 is 19.2 Å². The van der Waals surface area contributed by atoms with Crippen LogP contribution in [0.3, 0.4) is 0 Å². The summed E-state index contributed by atoms with van der Waals surface area (Å²) in [5.74, 6) is -1.20. The molecule has 3 heterocycles. The van der Waals surface area contributed by atoms with Gasteiger partial charge in [-0.05, 0) is 48.8 Å². The molecule has 1 aliphatic carbocycles. The lowest BCUT2D eigenvalue weighted by Gasteiger charge is -2.59. The van der Waals surface area contributed by atoms with Gasteiger partial charge in [0.2, 0.25) is 11.8 Å². The van der Waals surface area contributed by atoms with Crippen LogP contribution < -0.4 is 11.1 Å². The number of nitrogens with one attached hydrogen (secondary N) is 1. The molecule has 0 radical (unpaired) electrons. The van der Waals surface area contributed by atoms with Crippen LogP contribution in [0.15, 0.2) is 18.2 Å². The fraction of sp³-hybridized carbons (Fsp3) is 0.524. The first-order chi connectivity index (χ1) is 13.9. The van der Waals surface area contributed by atoms with Crippen LogP contribution >= 0.6 is 0 Å². The first-order valence-electron chi connectivity index (χ1n) is 10.2. The van der Waals surface area contributed by atoms with Crippen molar-refractivity contribution >= 4 is 23.6 Å². The Morgan fingerprint density at radius 3 is 2.55 bits per heavy atom. The van der Waals surface area contributed by atoms with Crippen LogP contribution in [-0.4, -0.2) is 59.1 Å². The molecule has 5 rings (SSSR count). The summed E-state index contributed by atoms with van der Waals surface area (Å²) in [5, 5.41) is 2.23. The number of imide groups is 2. The summed E-state index contributed by atoms with van der Waals surface area (Å²) in [6, 6.07) is 4.38. The van der Waals surface area contributed by atoms with Crippen molar-refractivity contribution in [2.75, 3.05) is 19.6 Å². The Kier molecular flexibility index (Phi) is 4.11. The predicted molar refractivity (Wildman–Crippen MR) is 103 cm³/mol. The zero-order valence-electron chi connectivity index (χ0n) is 16.1. The SMILES string of the molecule is NCC1CC2(C1)CN(Cc1cccc3c1C(=O)N(C1CCC(=O)NC1=O)C3=O)C2. The largest absolute Gasteiger partial charge is 0.330 e. The van der Waals surface area contributed by atoms with E-state index in [-0.39, 0.29) is 18.7 Å². The molecule has 1 spiro atoms. The number of nitrogens with zero attached hydrogens (tertiary/aromatic N) is 2. The van der Waals surface area contributed by atoms with Gasteiger partial charge in [0.25, 0.3) is 11.8 Å². The number of benzene rings is 1. The van der Waals surface area contributed by atoms with Gasteiger partial charge < -0.3 is 5.73 Å². The number of carbonyl (C=O) groups is 4. The molecular weight excluding hydrogens is 372 g/mol. The smallest absolute Gasteiger partial charge is 0.262 e. The Balaban J connectivity index is 1.33. The molecule has 152 valence electrons. The van der Waals surface area contributed by atoms with Crippen LogP contribution in [0.1, 0.15) is 52.0 Å². The summed E-state index contributed by atoms with van der Waals surface area (Å²) in [4.78, 5) is 53.0. The number of fused-ring (bicyclic) bond motifs is 1. The zero-order chi connectivity index (χ0) is 20.3. The van der Waals surface area contributed by atoms with Gasteiger partial charge in [-0.3, -0.25) is 34.3 Å². The van der Waals surface area contributed by atoms with Gasteiger partial charge in [-0.25, -0.2) is 0 Å². The van der Waals surface area contributed by atoms with Crippen molar-refractivity contribution in [1.82, 2.24) is 15.1 Å². The summed E-state index contributed by atoms with van der Waals surface area (Å²) in [6.45, 7) is 3.35. The van der Waals surface area contributed by atoms with E-state index in [1.165, 1.54) is 12.8 Å². The third kappa shape index (κ3) is 2.81. The summed E-state index contributed by atoms with van der Waals surface area (Å²) in [6.07, 6.45) is 2.64. The van der Waals surface area contributed by atoms with Crippen LogP contribution in [0.5, 0.6) is 0 Å². The van der Waals surface area contributed by atoms with Gasteiger partial charge in [-0.2, -0.15) is 0 Å². The minimum Gasteiger partial charge on any atom is -0.330 e. The second kappa shape index (κ2) is 6.47. The van der Waals surface area contributed by atoms with Gasteiger partial charge in [0.15, 0.2) is 0 Å². The molecule has 4 amide bonds. The third-order valence-corrected chi connectivity index (χ3v) is 6.84. The van der Waals surface area contributed by atoms with E-state index in [0.29, 0.717) is 29.0 Å². The van der Waals surface area contributed by atoms with E-state index >= 15 is 0 Å². The molecule has 0 bridgehead atoms. The second-order valence-electron chi connectivity index (χ2n) is 8.94. The maximum absolute atomic E-state index is 13.1. The van der Waals surface area contributed by atoms with Crippen LogP contribution in [0.2, 0.25) is 0 Å². The van der Waals surface area contributed by atoms with E-state index in [1.54, 1.807) is 12.1 Å². The topological polar surface area (TPSA) is 113 Å². The van der Waals surface area contributed by atoms with E-state index in [0.717, 1.165) is 30.1 Å². The Labute approximate surface area is 168 Å². The van der Waals surface area contributed by atoms with Crippen molar-refractivity contribution in [2.45, 2.75) is 38.3 Å². The van der Waals surface area contributed by atoms with Crippen LogP contribution in [-0.2, 0) is 16.1 Å². The van der Waals surface area contributed by atoms with E-state index in [2.05, 4.69) is 10.2 Å². The Morgan fingerprint density at radius 1 is 1.10 bits per heavy atom. The van der Waals surface area contributed by atoms with Gasteiger partial charge in [0, 0.05) is 26.1 Å². The number of piperidine rings is 1. The standard InChI is InChI=1S/C21H24N4O4/c22-8-12-6-21(7-12)10-24(11-21)9-13-2-1-3-14-17(13)20(29)25(19(14)28)15-4-5-16(26)23-18(15)27/h1-3,12,15H,4-11,22H2,(H,23,26,27). The Bertz CT molecular complexity index is 929. The molecule has 3 fully saturated rings. The highest BCUT2D eigenvalue weighted by atomic mass is 16.2. The number of nitrogens with two attached hydrogens (primary N) is 1. The number of hydrogen-bond acceptors (Lipinski definition) is 6. The lowest BCUT2D eigenvalue weighted by Crippen LogP contribution is -2.62. The van der Waals surface area contributed by atoms with Crippen LogP contribution in [0.25, 0.3) is 0 Å². The normalized spacial score (nSPS) is 26.4. The molecular formula is C21H24N4O4. The van der Waals surface area contributed by atoms with Crippen LogP contribution in [0, 0.1) is 11.3 Å². The minimum atomic E-state index is -0.927. The highest BCUT2D eigenvalue weighted by Crippen LogP contribution is 2.51. The third-order valence-electron chi connectivity index (χ3n) is 6.84. The first kappa shape index (κ1) is 18.4. The Morgan fingerprint density at radius 2 is 1.86 bits per heavy atom. The molecule has 1 aromatic rings.